The molecule has 2 rings (SSSR count). The number of nitrogens with one attached hydrogen (secondary N) is 1. The Balaban J connectivity index is 2.11. The summed E-state index contributed by atoms with van der Waals surface area (Å²) >= 11 is 0. The zero-order valence-corrected chi connectivity index (χ0v) is 11.1. The molecule has 0 unspecified atom stereocenters. The lowest BCUT2D eigenvalue weighted by molar-refractivity contribution is 0.336. The molecule has 0 aliphatic rings. The summed E-state index contributed by atoms with van der Waals surface area (Å²) in [4.78, 5) is 12.6. The van der Waals surface area contributed by atoms with Gasteiger partial charge in [-0.25, -0.2) is 9.97 Å². The summed E-state index contributed by atoms with van der Waals surface area (Å²) in [6.45, 7) is 8.61. The molecule has 0 atom stereocenters. The number of hydrogen-bond donors (Lipinski definition) is 1. The molecule has 0 saturated carbocycles. The molecule has 0 aliphatic heterocycles. The van der Waals surface area contributed by atoms with Crippen molar-refractivity contribution in [2.45, 2.75) is 39.8 Å². The summed E-state index contributed by atoms with van der Waals surface area (Å²) in [7, 11) is 0. The second kappa shape index (κ2) is 4.81. The van der Waals surface area contributed by atoms with Crippen LogP contribution in [0.25, 0.3) is 11.5 Å². The van der Waals surface area contributed by atoms with E-state index >= 15 is 0 Å². The summed E-state index contributed by atoms with van der Waals surface area (Å²) in [6.07, 6.45) is 1.68. The van der Waals surface area contributed by atoms with E-state index in [0.29, 0.717) is 29.8 Å². The molecule has 2 aromatic heterocycles. The van der Waals surface area contributed by atoms with E-state index < -0.39 is 0 Å². The summed E-state index contributed by atoms with van der Waals surface area (Å²) in [5.74, 6) is 1.73. The second-order valence-corrected chi connectivity index (χ2v) is 5.10. The van der Waals surface area contributed by atoms with E-state index in [-0.39, 0.29) is 5.54 Å². The van der Waals surface area contributed by atoms with Crippen LogP contribution in [0.15, 0.2) is 16.8 Å². The summed E-state index contributed by atoms with van der Waals surface area (Å²) in [5.41, 5.74) is 0.688. The minimum absolute atomic E-state index is 0.0140. The minimum atomic E-state index is 0.0140. The number of nitrogens with zero attached hydrogens (tertiary/aromatic N) is 4. The first-order valence-electron chi connectivity index (χ1n) is 5.82. The smallest absolute Gasteiger partial charge is 0.240 e. The van der Waals surface area contributed by atoms with Crippen LogP contribution in [-0.4, -0.2) is 25.6 Å². The molecule has 0 aliphatic carbocycles. The van der Waals surface area contributed by atoms with Crippen molar-refractivity contribution in [1.82, 2.24) is 25.4 Å². The van der Waals surface area contributed by atoms with E-state index in [1.165, 1.54) is 0 Å². The SMILES string of the molecule is Cc1nccc(-c2noc(CNC(C)(C)C)n2)n1. The molecule has 0 bridgehead atoms. The Bertz CT molecular complexity index is 529. The average molecular weight is 247 g/mol. The van der Waals surface area contributed by atoms with Gasteiger partial charge in [-0.15, -0.1) is 0 Å². The number of hydrogen-bond acceptors (Lipinski definition) is 6. The monoisotopic (exact) mass is 247 g/mol. The molecule has 0 amide bonds. The van der Waals surface area contributed by atoms with Crippen molar-refractivity contribution in [2.24, 2.45) is 0 Å². The number of aromatic nitrogens is 4. The van der Waals surface area contributed by atoms with Crippen LogP contribution in [0.5, 0.6) is 0 Å². The van der Waals surface area contributed by atoms with Crippen LogP contribution in [0.4, 0.5) is 0 Å². The predicted octanol–water partition coefficient (Wildman–Crippen LogP) is 1.72. The third kappa shape index (κ3) is 3.33. The molecular formula is C12H17N5O. The number of rotatable bonds is 3. The Morgan fingerprint density at radius 1 is 1.28 bits per heavy atom. The van der Waals surface area contributed by atoms with Gasteiger partial charge in [0.15, 0.2) is 0 Å². The maximum Gasteiger partial charge on any atom is 0.240 e. The Labute approximate surface area is 106 Å². The van der Waals surface area contributed by atoms with Gasteiger partial charge >= 0.3 is 0 Å². The quantitative estimate of drug-likeness (QED) is 0.890. The van der Waals surface area contributed by atoms with Crippen LogP contribution >= 0.6 is 0 Å². The summed E-state index contributed by atoms with van der Waals surface area (Å²) in [6, 6.07) is 1.76. The second-order valence-electron chi connectivity index (χ2n) is 5.10. The first-order valence-corrected chi connectivity index (χ1v) is 5.82. The molecule has 2 aromatic rings. The largest absolute Gasteiger partial charge is 0.337 e. The molecule has 6 nitrogen and oxygen atoms in total. The van der Waals surface area contributed by atoms with E-state index in [1.807, 2.05) is 6.92 Å². The molecule has 1 N–H and O–H groups in total. The highest BCUT2D eigenvalue weighted by atomic mass is 16.5. The van der Waals surface area contributed by atoms with E-state index in [9.17, 15) is 0 Å². The normalized spacial score (nSPS) is 11.8. The van der Waals surface area contributed by atoms with Crippen LogP contribution in [0.2, 0.25) is 0 Å². The maximum atomic E-state index is 5.17. The Hall–Kier alpha value is -1.82. The number of aryl methyl sites for hydroxylation is 1. The van der Waals surface area contributed by atoms with Gasteiger partial charge in [-0.05, 0) is 33.8 Å². The molecule has 0 radical (unpaired) electrons. The lowest BCUT2D eigenvalue weighted by atomic mass is 10.1. The molecule has 0 aromatic carbocycles. The van der Waals surface area contributed by atoms with E-state index in [4.69, 9.17) is 4.52 Å². The van der Waals surface area contributed by atoms with Crippen molar-refractivity contribution in [1.29, 1.82) is 0 Å². The van der Waals surface area contributed by atoms with Gasteiger partial charge in [-0.3, -0.25) is 0 Å². The molecule has 2 heterocycles. The highest BCUT2D eigenvalue weighted by Crippen LogP contribution is 2.12. The van der Waals surface area contributed by atoms with Crippen LogP contribution < -0.4 is 5.32 Å². The molecule has 0 spiro atoms. The van der Waals surface area contributed by atoms with E-state index in [2.05, 4.69) is 46.2 Å². The average Bonchev–Trinajstić information content (AvgIpc) is 2.74. The van der Waals surface area contributed by atoms with Gasteiger partial charge in [0.2, 0.25) is 11.7 Å². The Kier molecular flexibility index (Phi) is 3.38. The lowest BCUT2D eigenvalue weighted by Gasteiger charge is -2.18. The van der Waals surface area contributed by atoms with Crippen molar-refractivity contribution in [3.8, 4) is 11.5 Å². The highest BCUT2D eigenvalue weighted by molar-refractivity contribution is 5.46. The van der Waals surface area contributed by atoms with E-state index in [0.717, 1.165) is 0 Å². The summed E-state index contributed by atoms with van der Waals surface area (Å²) in [5, 5.41) is 7.20. The van der Waals surface area contributed by atoms with Gasteiger partial charge in [0.1, 0.15) is 11.5 Å². The van der Waals surface area contributed by atoms with Crippen molar-refractivity contribution in [3.63, 3.8) is 0 Å². The zero-order valence-electron chi connectivity index (χ0n) is 11.1. The standard InChI is InChI=1S/C12H17N5O/c1-8-13-6-5-9(15-8)11-16-10(18-17-11)7-14-12(2,3)4/h5-6,14H,7H2,1-4H3. The fraction of sp³-hybridized carbons (Fsp3) is 0.500. The van der Waals surface area contributed by atoms with Crippen LogP contribution in [0, 0.1) is 6.92 Å². The fourth-order valence-corrected chi connectivity index (χ4v) is 1.35. The highest BCUT2D eigenvalue weighted by Gasteiger charge is 2.13. The molecule has 6 heteroatoms. The van der Waals surface area contributed by atoms with Gasteiger partial charge in [0, 0.05) is 11.7 Å². The Morgan fingerprint density at radius 2 is 2.06 bits per heavy atom. The van der Waals surface area contributed by atoms with Crippen molar-refractivity contribution in [2.75, 3.05) is 0 Å². The van der Waals surface area contributed by atoms with Gasteiger partial charge in [-0.2, -0.15) is 4.98 Å². The minimum Gasteiger partial charge on any atom is -0.337 e. The van der Waals surface area contributed by atoms with E-state index in [1.54, 1.807) is 12.3 Å². The molecule has 0 saturated heterocycles. The van der Waals surface area contributed by atoms with Crippen LogP contribution in [0.3, 0.4) is 0 Å². The first-order chi connectivity index (χ1) is 8.44. The fourth-order valence-electron chi connectivity index (χ4n) is 1.35. The summed E-state index contributed by atoms with van der Waals surface area (Å²) < 4.78 is 5.17. The van der Waals surface area contributed by atoms with Crippen LogP contribution in [0.1, 0.15) is 32.5 Å². The van der Waals surface area contributed by atoms with Gasteiger partial charge in [0.05, 0.1) is 6.54 Å². The van der Waals surface area contributed by atoms with Crippen molar-refractivity contribution >= 4 is 0 Å². The molecule has 18 heavy (non-hydrogen) atoms. The third-order valence-electron chi connectivity index (χ3n) is 2.24. The predicted molar refractivity (Wildman–Crippen MR) is 66.7 cm³/mol. The molecular weight excluding hydrogens is 230 g/mol. The zero-order chi connectivity index (χ0) is 13.2. The van der Waals surface area contributed by atoms with Gasteiger partial charge in [0.25, 0.3) is 0 Å². The molecule has 96 valence electrons. The maximum absolute atomic E-state index is 5.17. The topological polar surface area (TPSA) is 76.7 Å². The van der Waals surface area contributed by atoms with Crippen molar-refractivity contribution in [3.05, 3.63) is 24.0 Å². The first kappa shape index (κ1) is 12.6. The molecule has 0 fully saturated rings. The van der Waals surface area contributed by atoms with Gasteiger partial charge < -0.3 is 9.84 Å². The third-order valence-corrected chi connectivity index (χ3v) is 2.24. The van der Waals surface area contributed by atoms with Gasteiger partial charge in [-0.1, -0.05) is 5.16 Å². The Morgan fingerprint density at radius 3 is 2.72 bits per heavy atom. The van der Waals surface area contributed by atoms with Crippen molar-refractivity contribution < 1.29 is 4.52 Å². The lowest BCUT2D eigenvalue weighted by Crippen LogP contribution is -2.35. The van der Waals surface area contributed by atoms with Crippen LogP contribution in [-0.2, 0) is 6.54 Å².